The number of pyridine rings is 2. The van der Waals surface area contributed by atoms with E-state index >= 15 is 0 Å². The predicted molar refractivity (Wildman–Crippen MR) is 126 cm³/mol. The van der Waals surface area contributed by atoms with Crippen molar-refractivity contribution in [3.8, 4) is 11.3 Å². The zero-order valence-corrected chi connectivity index (χ0v) is 18.5. The standard InChI is InChI=1S/C25H23F2N5O2/c1-14-9-15(28)13-32(12-14)21-7-8-29-11-20(21)31-25(33)18-5-6-22-19(30-18)10-23(34-22)24-16(26)3-2-4-17(24)27/h2-8,10-11,14-15H,9,12-13,28H2,1H3,(H,31,33). The fourth-order valence-corrected chi connectivity index (χ4v) is 4.45. The summed E-state index contributed by atoms with van der Waals surface area (Å²) >= 11 is 0. The number of halogens is 2. The smallest absolute Gasteiger partial charge is 0.274 e. The molecular formula is C25H23F2N5O2. The highest BCUT2D eigenvalue weighted by Gasteiger charge is 2.25. The minimum atomic E-state index is -0.743. The number of anilines is 2. The number of nitrogens with one attached hydrogen (secondary N) is 1. The Bertz CT molecular complexity index is 1340. The van der Waals surface area contributed by atoms with Crippen LogP contribution in [0, 0.1) is 17.6 Å². The molecule has 1 aliphatic heterocycles. The summed E-state index contributed by atoms with van der Waals surface area (Å²) < 4.78 is 33.9. The van der Waals surface area contributed by atoms with Crippen LogP contribution in [0.15, 0.2) is 59.3 Å². The highest BCUT2D eigenvalue weighted by molar-refractivity contribution is 6.05. The molecule has 7 nitrogen and oxygen atoms in total. The molecule has 174 valence electrons. The number of carbonyl (C=O) groups is 1. The largest absolute Gasteiger partial charge is 0.454 e. The highest BCUT2D eigenvalue weighted by atomic mass is 19.1. The molecule has 0 aliphatic carbocycles. The minimum Gasteiger partial charge on any atom is -0.454 e. The number of nitrogens with zero attached hydrogens (tertiary/aromatic N) is 3. The summed E-state index contributed by atoms with van der Waals surface area (Å²) in [5.41, 5.74) is 8.07. The molecular weight excluding hydrogens is 440 g/mol. The third kappa shape index (κ3) is 4.22. The van der Waals surface area contributed by atoms with Crippen LogP contribution < -0.4 is 16.0 Å². The molecule has 1 aromatic carbocycles. The van der Waals surface area contributed by atoms with Gasteiger partial charge in [-0.05, 0) is 42.7 Å². The molecule has 9 heteroatoms. The van der Waals surface area contributed by atoms with Gasteiger partial charge >= 0.3 is 0 Å². The highest BCUT2D eigenvalue weighted by Crippen LogP contribution is 2.32. The summed E-state index contributed by atoms with van der Waals surface area (Å²) in [5, 5.41) is 2.88. The molecule has 0 radical (unpaired) electrons. The lowest BCUT2D eigenvalue weighted by Crippen LogP contribution is -2.46. The maximum absolute atomic E-state index is 14.2. The first kappa shape index (κ1) is 22.0. The number of benzene rings is 1. The molecule has 1 aliphatic rings. The number of rotatable bonds is 4. The SMILES string of the molecule is CC1CC(N)CN(c2ccncc2NC(=O)c2ccc3oc(-c4c(F)cccc4F)cc3n2)C1. The van der Waals surface area contributed by atoms with Crippen molar-refractivity contribution in [1.82, 2.24) is 9.97 Å². The van der Waals surface area contributed by atoms with Gasteiger partial charge in [0.25, 0.3) is 5.91 Å². The van der Waals surface area contributed by atoms with Gasteiger partial charge in [0, 0.05) is 31.4 Å². The van der Waals surface area contributed by atoms with Gasteiger partial charge in [-0.2, -0.15) is 0 Å². The number of fused-ring (bicyclic) bond motifs is 1. The number of hydrogen-bond donors (Lipinski definition) is 2. The molecule has 4 heterocycles. The van der Waals surface area contributed by atoms with Crippen molar-refractivity contribution in [2.45, 2.75) is 19.4 Å². The number of piperidine rings is 1. The molecule has 0 bridgehead atoms. The molecule has 2 atom stereocenters. The second-order valence-electron chi connectivity index (χ2n) is 8.64. The summed E-state index contributed by atoms with van der Waals surface area (Å²) in [6.45, 7) is 3.66. The van der Waals surface area contributed by atoms with Crippen molar-refractivity contribution in [3.63, 3.8) is 0 Å². The number of amides is 1. The Morgan fingerprint density at radius 1 is 1.18 bits per heavy atom. The average Bonchev–Trinajstić information content (AvgIpc) is 3.21. The first-order chi connectivity index (χ1) is 16.4. The van der Waals surface area contributed by atoms with E-state index in [1.807, 2.05) is 6.07 Å². The van der Waals surface area contributed by atoms with Crippen LogP contribution in [0.2, 0.25) is 0 Å². The van der Waals surface area contributed by atoms with Gasteiger partial charge in [-0.3, -0.25) is 9.78 Å². The van der Waals surface area contributed by atoms with Gasteiger partial charge in [0.15, 0.2) is 5.58 Å². The Morgan fingerprint density at radius 3 is 2.74 bits per heavy atom. The van der Waals surface area contributed by atoms with Crippen LogP contribution in [-0.2, 0) is 0 Å². The van der Waals surface area contributed by atoms with Crippen molar-refractivity contribution in [3.05, 3.63) is 72.2 Å². The van der Waals surface area contributed by atoms with E-state index in [4.69, 9.17) is 10.2 Å². The number of furan rings is 1. The van der Waals surface area contributed by atoms with Crippen molar-refractivity contribution in [2.75, 3.05) is 23.3 Å². The quantitative estimate of drug-likeness (QED) is 0.459. The molecule has 2 unspecified atom stereocenters. The van der Waals surface area contributed by atoms with Crippen LogP contribution in [0.1, 0.15) is 23.8 Å². The van der Waals surface area contributed by atoms with Crippen molar-refractivity contribution >= 4 is 28.4 Å². The van der Waals surface area contributed by atoms with Gasteiger partial charge in [0.05, 0.1) is 23.1 Å². The molecule has 0 saturated carbocycles. The molecule has 4 aromatic rings. The van der Waals surface area contributed by atoms with E-state index in [0.29, 0.717) is 29.2 Å². The number of nitrogens with two attached hydrogens (primary N) is 1. The van der Waals surface area contributed by atoms with Gasteiger partial charge < -0.3 is 20.4 Å². The van der Waals surface area contributed by atoms with Crippen molar-refractivity contribution in [1.29, 1.82) is 0 Å². The Kier molecular flexibility index (Phi) is 5.70. The zero-order chi connectivity index (χ0) is 23.8. The van der Waals surface area contributed by atoms with Gasteiger partial charge in [-0.25, -0.2) is 13.8 Å². The van der Waals surface area contributed by atoms with Crippen molar-refractivity contribution in [2.24, 2.45) is 11.7 Å². The first-order valence-corrected chi connectivity index (χ1v) is 11.0. The molecule has 34 heavy (non-hydrogen) atoms. The molecule has 1 saturated heterocycles. The third-order valence-electron chi connectivity index (χ3n) is 5.89. The van der Waals surface area contributed by atoms with Crippen LogP contribution in [0.3, 0.4) is 0 Å². The molecule has 1 amide bonds. The van der Waals surface area contributed by atoms with E-state index in [-0.39, 0.29) is 23.1 Å². The molecule has 3 aromatic heterocycles. The lowest BCUT2D eigenvalue weighted by atomic mass is 9.96. The topological polar surface area (TPSA) is 97.3 Å². The van der Waals surface area contributed by atoms with Gasteiger partial charge in [-0.15, -0.1) is 0 Å². The number of hydrogen-bond acceptors (Lipinski definition) is 6. The Hall–Kier alpha value is -3.85. The second-order valence-corrected chi connectivity index (χ2v) is 8.64. The lowest BCUT2D eigenvalue weighted by Gasteiger charge is -2.37. The Morgan fingerprint density at radius 2 is 1.97 bits per heavy atom. The molecule has 5 rings (SSSR count). The van der Waals surface area contributed by atoms with Crippen LogP contribution in [-0.4, -0.2) is 35.0 Å². The minimum absolute atomic E-state index is 0.000704. The second kappa shape index (κ2) is 8.83. The third-order valence-corrected chi connectivity index (χ3v) is 5.89. The van der Waals surface area contributed by atoms with E-state index in [0.717, 1.165) is 30.8 Å². The molecule has 1 fully saturated rings. The van der Waals surface area contributed by atoms with E-state index < -0.39 is 17.5 Å². The summed E-state index contributed by atoms with van der Waals surface area (Å²) in [7, 11) is 0. The predicted octanol–water partition coefficient (Wildman–Crippen LogP) is 4.59. The average molecular weight is 463 g/mol. The lowest BCUT2D eigenvalue weighted by molar-refractivity contribution is 0.102. The van der Waals surface area contributed by atoms with Gasteiger partial charge in [-0.1, -0.05) is 13.0 Å². The van der Waals surface area contributed by atoms with E-state index in [1.165, 1.54) is 18.2 Å². The maximum Gasteiger partial charge on any atom is 0.274 e. The monoisotopic (exact) mass is 463 g/mol. The van der Waals surface area contributed by atoms with Crippen molar-refractivity contribution < 1.29 is 18.0 Å². The van der Waals surface area contributed by atoms with Crippen LogP contribution in [0.4, 0.5) is 20.2 Å². The summed E-state index contributed by atoms with van der Waals surface area (Å²) in [5.74, 6) is -1.49. The normalized spacial score (nSPS) is 18.3. The van der Waals surface area contributed by atoms with Crippen LogP contribution >= 0.6 is 0 Å². The summed E-state index contributed by atoms with van der Waals surface area (Å²) in [6, 6.07) is 9.95. The molecule has 0 spiro atoms. The number of aromatic nitrogens is 2. The van der Waals surface area contributed by atoms with E-state index in [2.05, 4.69) is 27.1 Å². The van der Waals surface area contributed by atoms with Gasteiger partial charge in [0.2, 0.25) is 0 Å². The fourth-order valence-electron chi connectivity index (χ4n) is 4.45. The van der Waals surface area contributed by atoms with E-state index in [9.17, 15) is 13.6 Å². The number of carbonyl (C=O) groups excluding carboxylic acids is 1. The van der Waals surface area contributed by atoms with Crippen LogP contribution in [0.25, 0.3) is 22.4 Å². The fraction of sp³-hybridized carbons (Fsp3) is 0.240. The van der Waals surface area contributed by atoms with Crippen LogP contribution in [0.5, 0.6) is 0 Å². The van der Waals surface area contributed by atoms with Gasteiger partial charge in [0.1, 0.15) is 28.6 Å². The van der Waals surface area contributed by atoms with E-state index in [1.54, 1.807) is 18.5 Å². The summed E-state index contributed by atoms with van der Waals surface area (Å²) in [6.07, 6.45) is 4.22. The Balaban J connectivity index is 1.42. The summed E-state index contributed by atoms with van der Waals surface area (Å²) in [4.78, 5) is 23.6. The first-order valence-electron chi connectivity index (χ1n) is 11.0. The zero-order valence-electron chi connectivity index (χ0n) is 18.5. The maximum atomic E-state index is 14.2. The Labute approximate surface area is 194 Å². The molecule has 3 N–H and O–H groups in total.